The molecule has 1 N–H and O–H groups in total. The number of rotatable bonds is 5. The van der Waals surface area contributed by atoms with Gasteiger partial charge in [0.2, 0.25) is 5.95 Å². The van der Waals surface area contributed by atoms with Gasteiger partial charge in [-0.15, -0.1) is 11.3 Å². The molecular formula is C24H27N5OS. The van der Waals surface area contributed by atoms with Gasteiger partial charge in [0.15, 0.2) is 0 Å². The van der Waals surface area contributed by atoms with Crippen LogP contribution in [-0.4, -0.2) is 19.3 Å². The Hall–Kier alpha value is -2.93. The van der Waals surface area contributed by atoms with E-state index in [2.05, 4.69) is 41.6 Å². The summed E-state index contributed by atoms with van der Waals surface area (Å²) in [5.74, 6) is 0.584. The van der Waals surface area contributed by atoms with Gasteiger partial charge in [0.25, 0.3) is 5.56 Å². The maximum Gasteiger partial charge on any atom is 0.264 e. The summed E-state index contributed by atoms with van der Waals surface area (Å²) in [7, 11) is 0. The molecule has 1 aliphatic rings. The van der Waals surface area contributed by atoms with Crippen molar-refractivity contribution in [2.24, 2.45) is 0 Å². The first-order chi connectivity index (χ1) is 15.0. The van der Waals surface area contributed by atoms with Crippen molar-refractivity contribution in [1.29, 1.82) is 0 Å². The number of nitrogens with zero attached hydrogens (tertiary/aromatic N) is 4. The van der Waals surface area contributed by atoms with E-state index in [9.17, 15) is 4.79 Å². The SMILES string of the molecule is Cc1ccc(Cn2cc(Nc3nc4sc5c(c4c(=O)n3C(C)C)CCCC5)cn2)cc1. The molecule has 0 fully saturated rings. The number of anilines is 2. The van der Waals surface area contributed by atoms with E-state index in [-0.39, 0.29) is 11.6 Å². The smallest absolute Gasteiger partial charge is 0.264 e. The molecule has 3 heterocycles. The van der Waals surface area contributed by atoms with E-state index < -0.39 is 0 Å². The van der Waals surface area contributed by atoms with Crippen LogP contribution in [0.5, 0.6) is 0 Å². The van der Waals surface area contributed by atoms with E-state index in [0.29, 0.717) is 12.5 Å². The molecule has 0 saturated carbocycles. The standard InChI is InChI=1S/C24H27N5OS/c1-15(2)29-23(30)21-19-6-4-5-7-20(19)31-22(21)27-24(29)26-18-12-25-28(14-18)13-17-10-8-16(3)9-11-17/h8-12,14-15H,4-7,13H2,1-3H3,(H,26,27). The third-order valence-electron chi connectivity index (χ3n) is 5.89. The van der Waals surface area contributed by atoms with E-state index in [1.54, 1.807) is 22.1 Å². The lowest BCUT2D eigenvalue weighted by molar-refractivity contribution is 0.582. The predicted octanol–water partition coefficient (Wildman–Crippen LogP) is 5.21. The van der Waals surface area contributed by atoms with Crippen molar-refractivity contribution in [2.75, 3.05) is 5.32 Å². The van der Waals surface area contributed by atoms with Gasteiger partial charge in [-0.3, -0.25) is 14.0 Å². The summed E-state index contributed by atoms with van der Waals surface area (Å²) in [6.45, 7) is 6.84. The molecule has 0 radical (unpaired) electrons. The van der Waals surface area contributed by atoms with E-state index >= 15 is 0 Å². The second kappa shape index (κ2) is 7.96. The van der Waals surface area contributed by atoms with Crippen LogP contribution in [0, 0.1) is 6.92 Å². The Labute approximate surface area is 185 Å². The van der Waals surface area contributed by atoms with Crippen LogP contribution in [0.25, 0.3) is 10.2 Å². The molecule has 7 heteroatoms. The minimum absolute atomic E-state index is 0.00800. The average molecular weight is 434 g/mol. The lowest BCUT2D eigenvalue weighted by Gasteiger charge is -2.16. The molecule has 4 aromatic rings. The topological polar surface area (TPSA) is 64.7 Å². The summed E-state index contributed by atoms with van der Waals surface area (Å²) in [6.07, 6.45) is 8.15. The highest BCUT2D eigenvalue weighted by molar-refractivity contribution is 7.18. The van der Waals surface area contributed by atoms with Crippen LogP contribution < -0.4 is 10.9 Å². The van der Waals surface area contributed by atoms with Crippen LogP contribution >= 0.6 is 11.3 Å². The van der Waals surface area contributed by atoms with E-state index in [1.807, 2.05) is 24.7 Å². The van der Waals surface area contributed by atoms with Gasteiger partial charge in [-0.2, -0.15) is 5.10 Å². The Bertz CT molecular complexity index is 1300. The number of benzene rings is 1. The van der Waals surface area contributed by atoms with Crippen molar-refractivity contribution in [1.82, 2.24) is 19.3 Å². The molecule has 0 bridgehead atoms. The highest BCUT2D eigenvalue weighted by Crippen LogP contribution is 2.35. The van der Waals surface area contributed by atoms with Gasteiger partial charge in [-0.05, 0) is 57.6 Å². The quantitative estimate of drug-likeness (QED) is 0.469. The number of aromatic nitrogens is 4. The lowest BCUT2D eigenvalue weighted by Crippen LogP contribution is -2.26. The molecule has 0 spiro atoms. The first kappa shape index (κ1) is 20.0. The van der Waals surface area contributed by atoms with Crippen molar-refractivity contribution in [3.05, 3.63) is 68.6 Å². The number of fused-ring (bicyclic) bond motifs is 3. The average Bonchev–Trinajstić information content (AvgIpc) is 3.33. The van der Waals surface area contributed by atoms with E-state index in [4.69, 9.17) is 4.98 Å². The maximum absolute atomic E-state index is 13.5. The van der Waals surface area contributed by atoms with Crippen LogP contribution in [0.2, 0.25) is 0 Å². The van der Waals surface area contributed by atoms with Gasteiger partial charge >= 0.3 is 0 Å². The Morgan fingerprint density at radius 3 is 2.71 bits per heavy atom. The Balaban J connectivity index is 1.49. The molecule has 0 atom stereocenters. The summed E-state index contributed by atoms with van der Waals surface area (Å²) in [6, 6.07) is 8.47. The minimum Gasteiger partial charge on any atom is -0.323 e. The molecule has 1 aliphatic carbocycles. The first-order valence-electron chi connectivity index (χ1n) is 10.9. The summed E-state index contributed by atoms with van der Waals surface area (Å²) >= 11 is 1.68. The second-order valence-corrected chi connectivity index (χ2v) is 9.72. The molecule has 31 heavy (non-hydrogen) atoms. The molecule has 0 amide bonds. The highest BCUT2D eigenvalue weighted by Gasteiger charge is 2.23. The lowest BCUT2D eigenvalue weighted by atomic mass is 9.97. The van der Waals surface area contributed by atoms with Crippen molar-refractivity contribution < 1.29 is 0 Å². The minimum atomic E-state index is 0.00800. The number of aryl methyl sites for hydroxylation is 3. The maximum atomic E-state index is 13.5. The van der Waals surface area contributed by atoms with Crippen molar-refractivity contribution >= 4 is 33.2 Å². The number of nitrogens with one attached hydrogen (secondary N) is 1. The van der Waals surface area contributed by atoms with Crippen molar-refractivity contribution in [2.45, 2.75) is 59.0 Å². The normalized spacial score (nSPS) is 13.7. The zero-order valence-electron chi connectivity index (χ0n) is 18.2. The summed E-state index contributed by atoms with van der Waals surface area (Å²) in [5, 5.41) is 8.67. The molecule has 0 saturated heterocycles. The molecule has 5 rings (SSSR count). The number of hydrogen-bond donors (Lipinski definition) is 1. The summed E-state index contributed by atoms with van der Waals surface area (Å²) in [5.41, 5.74) is 4.57. The first-order valence-corrected chi connectivity index (χ1v) is 11.7. The number of hydrogen-bond acceptors (Lipinski definition) is 5. The molecule has 0 aliphatic heterocycles. The Morgan fingerprint density at radius 1 is 1.16 bits per heavy atom. The molecule has 6 nitrogen and oxygen atoms in total. The number of thiophene rings is 1. The van der Waals surface area contributed by atoms with Gasteiger partial charge in [0.1, 0.15) is 4.83 Å². The van der Waals surface area contributed by atoms with Gasteiger partial charge in [-0.1, -0.05) is 29.8 Å². The van der Waals surface area contributed by atoms with Crippen molar-refractivity contribution in [3.8, 4) is 0 Å². The third kappa shape index (κ3) is 3.78. The fourth-order valence-corrected chi connectivity index (χ4v) is 5.56. The van der Waals surface area contributed by atoms with E-state index in [1.165, 1.54) is 28.0 Å². The zero-order chi connectivity index (χ0) is 21.5. The van der Waals surface area contributed by atoms with Gasteiger partial charge in [0.05, 0.1) is 23.8 Å². The van der Waals surface area contributed by atoms with Crippen molar-refractivity contribution in [3.63, 3.8) is 0 Å². The largest absolute Gasteiger partial charge is 0.323 e. The van der Waals surface area contributed by atoms with Gasteiger partial charge in [-0.25, -0.2) is 4.98 Å². The van der Waals surface area contributed by atoms with Crippen LogP contribution in [0.15, 0.2) is 41.5 Å². The van der Waals surface area contributed by atoms with E-state index in [0.717, 1.165) is 35.2 Å². The molecule has 1 aromatic carbocycles. The van der Waals surface area contributed by atoms with Crippen LogP contribution in [-0.2, 0) is 19.4 Å². The predicted molar refractivity (Wildman–Crippen MR) is 127 cm³/mol. The summed E-state index contributed by atoms with van der Waals surface area (Å²) < 4.78 is 3.68. The zero-order valence-corrected chi connectivity index (χ0v) is 19.0. The monoisotopic (exact) mass is 433 g/mol. The Kier molecular flexibility index (Phi) is 5.14. The fourth-order valence-electron chi connectivity index (χ4n) is 4.31. The van der Waals surface area contributed by atoms with Gasteiger partial charge in [0, 0.05) is 17.1 Å². The molecule has 3 aromatic heterocycles. The molecule has 160 valence electrons. The van der Waals surface area contributed by atoms with Gasteiger partial charge < -0.3 is 5.32 Å². The summed E-state index contributed by atoms with van der Waals surface area (Å²) in [4.78, 5) is 20.5. The van der Waals surface area contributed by atoms with Crippen LogP contribution in [0.3, 0.4) is 0 Å². The third-order valence-corrected chi connectivity index (χ3v) is 7.08. The second-order valence-electron chi connectivity index (χ2n) is 8.63. The Morgan fingerprint density at radius 2 is 1.94 bits per heavy atom. The molecule has 0 unspecified atom stereocenters. The van der Waals surface area contributed by atoms with Crippen LogP contribution in [0.4, 0.5) is 11.6 Å². The van der Waals surface area contributed by atoms with Crippen LogP contribution in [0.1, 0.15) is 54.3 Å². The molecular weight excluding hydrogens is 406 g/mol. The highest BCUT2D eigenvalue weighted by atomic mass is 32.1. The fraction of sp³-hybridized carbons (Fsp3) is 0.375.